The number of thiazole rings is 1. The van der Waals surface area contributed by atoms with Crippen molar-refractivity contribution in [2.45, 2.75) is 103 Å². The van der Waals surface area contributed by atoms with E-state index in [1.807, 2.05) is 6.92 Å². The quantitative estimate of drug-likeness (QED) is 0.433. The third-order valence-electron chi connectivity index (χ3n) is 8.81. The van der Waals surface area contributed by atoms with Crippen molar-refractivity contribution in [3.8, 4) is 0 Å². The molecule has 6 nitrogen and oxygen atoms in total. The lowest BCUT2D eigenvalue weighted by molar-refractivity contribution is -0.144. The highest BCUT2D eigenvalue weighted by Crippen LogP contribution is 2.62. The molecule has 32 heavy (non-hydrogen) atoms. The predicted molar refractivity (Wildman–Crippen MR) is 129 cm³/mol. The van der Waals surface area contributed by atoms with E-state index in [2.05, 4.69) is 24.5 Å². The fourth-order valence-electron chi connectivity index (χ4n) is 6.64. The first-order valence-electron chi connectivity index (χ1n) is 12.6. The second kappa shape index (κ2) is 9.59. The van der Waals surface area contributed by atoms with Crippen LogP contribution in [0, 0.1) is 16.7 Å². The van der Waals surface area contributed by atoms with Crippen LogP contribution in [0.1, 0.15) is 95.0 Å². The Labute approximate surface area is 196 Å². The summed E-state index contributed by atoms with van der Waals surface area (Å²) >= 11 is 1.70. The summed E-state index contributed by atoms with van der Waals surface area (Å²) in [6.45, 7) is 7.36. The normalized spacial score (nSPS) is 34.7. The molecule has 5 atom stereocenters. The van der Waals surface area contributed by atoms with Crippen LogP contribution in [0.3, 0.4) is 0 Å². The SMILES string of the molecule is CCCCNc1nc2c(s1)CC1C(C)(CO)C(O)CCC1(C)C2CC(=O)NC1CCCC1. The molecule has 0 bridgehead atoms. The molecule has 0 spiro atoms. The summed E-state index contributed by atoms with van der Waals surface area (Å²) in [5.74, 6) is 0.249. The van der Waals surface area contributed by atoms with E-state index in [9.17, 15) is 15.0 Å². The highest BCUT2D eigenvalue weighted by molar-refractivity contribution is 7.15. The topological polar surface area (TPSA) is 94.5 Å². The van der Waals surface area contributed by atoms with Gasteiger partial charge in [-0.05, 0) is 49.9 Å². The molecule has 5 unspecified atom stereocenters. The first-order valence-corrected chi connectivity index (χ1v) is 13.4. The van der Waals surface area contributed by atoms with Crippen molar-refractivity contribution in [3.05, 3.63) is 10.6 Å². The van der Waals surface area contributed by atoms with Crippen molar-refractivity contribution in [1.29, 1.82) is 0 Å². The van der Waals surface area contributed by atoms with Crippen LogP contribution in [0.2, 0.25) is 0 Å². The monoisotopic (exact) mass is 463 g/mol. The van der Waals surface area contributed by atoms with Gasteiger partial charge in [0.2, 0.25) is 5.91 Å². The van der Waals surface area contributed by atoms with Gasteiger partial charge < -0.3 is 20.8 Å². The maximum atomic E-state index is 13.2. The second-order valence-corrected chi connectivity index (χ2v) is 12.0. The van der Waals surface area contributed by atoms with Crippen LogP contribution >= 0.6 is 11.3 Å². The molecule has 1 heterocycles. The van der Waals surface area contributed by atoms with Gasteiger partial charge in [-0.2, -0.15) is 0 Å². The molecule has 4 N–H and O–H groups in total. The summed E-state index contributed by atoms with van der Waals surface area (Å²) in [7, 11) is 0. The van der Waals surface area contributed by atoms with E-state index in [0.717, 1.165) is 55.9 Å². The van der Waals surface area contributed by atoms with Gasteiger partial charge in [-0.1, -0.05) is 40.0 Å². The Balaban J connectivity index is 1.65. The van der Waals surface area contributed by atoms with Crippen molar-refractivity contribution in [2.75, 3.05) is 18.5 Å². The van der Waals surface area contributed by atoms with Crippen LogP contribution < -0.4 is 10.6 Å². The molecule has 0 aliphatic heterocycles. The van der Waals surface area contributed by atoms with E-state index in [-0.39, 0.29) is 29.8 Å². The number of carbonyl (C=O) groups is 1. The molecule has 7 heteroatoms. The van der Waals surface area contributed by atoms with Crippen molar-refractivity contribution < 1.29 is 15.0 Å². The van der Waals surface area contributed by atoms with Crippen molar-refractivity contribution in [2.24, 2.45) is 16.7 Å². The highest BCUT2D eigenvalue weighted by Gasteiger charge is 2.59. The van der Waals surface area contributed by atoms with Gasteiger partial charge in [0.1, 0.15) is 0 Å². The average molecular weight is 464 g/mol. The molecule has 180 valence electrons. The number of unbranched alkanes of at least 4 members (excludes halogenated alkanes) is 1. The number of hydrogen-bond donors (Lipinski definition) is 4. The van der Waals surface area contributed by atoms with Crippen LogP contribution in [-0.2, 0) is 11.2 Å². The smallest absolute Gasteiger partial charge is 0.220 e. The molecule has 2 fully saturated rings. The Morgan fingerprint density at radius 2 is 2.00 bits per heavy atom. The van der Waals surface area contributed by atoms with Crippen LogP contribution in [0.5, 0.6) is 0 Å². The molecule has 0 aromatic carbocycles. The summed E-state index contributed by atoms with van der Waals surface area (Å²) in [5.41, 5.74) is 0.335. The number of amides is 1. The van der Waals surface area contributed by atoms with E-state index in [1.54, 1.807) is 11.3 Å². The fourth-order valence-corrected chi connectivity index (χ4v) is 7.73. The minimum absolute atomic E-state index is 0.00834. The van der Waals surface area contributed by atoms with E-state index in [1.165, 1.54) is 17.7 Å². The molecular formula is C25H41N3O3S. The van der Waals surface area contributed by atoms with Crippen LogP contribution in [-0.4, -0.2) is 46.4 Å². The summed E-state index contributed by atoms with van der Waals surface area (Å²) in [6.07, 6.45) is 9.04. The molecule has 3 aliphatic carbocycles. The van der Waals surface area contributed by atoms with E-state index in [4.69, 9.17) is 4.98 Å². The van der Waals surface area contributed by atoms with E-state index in [0.29, 0.717) is 18.9 Å². The summed E-state index contributed by atoms with van der Waals surface area (Å²) < 4.78 is 0. The first kappa shape index (κ1) is 24.0. The minimum Gasteiger partial charge on any atom is -0.396 e. The highest BCUT2D eigenvalue weighted by atomic mass is 32.1. The van der Waals surface area contributed by atoms with E-state index >= 15 is 0 Å². The zero-order chi connectivity index (χ0) is 22.9. The summed E-state index contributed by atoms with van der Waals surface area (Å²) in [4.78, 5) is 19.4. The Morgan fingerprint density at radius 1 is 1.25 bits per heavy atom. The van der Waals surface area contributed by atoms with Gasteiger partial charge in [-0.15, -0.1) is 11.3 Å². The molecule has 2 saturated carbocycles. The minimum atomic E-state index is -0.565. The van der Waals surface area contributed by atoms with Crippen LogP contribution in [0.25, 0.3) is 0 Å². The maximum absolute atomic E-state index is 13.2. The van der Waals surface area contributed by atoms with Crippen molar-refractivity contribution >= 4 is 22.4 Å². The number of fused-ring (bicyclic) bond motifs is 2. The van der Waals surface area contributed by atoms with Gasteiger partial charge in [0, 0.05) is 35.2 Å². The molecule has 4 rings (SSSR count). The van der Waals surface area contributed by atoms with Crippen molar-refractivity contribution in [1.82, 2.24) is 10.3 Å². The largest absolute Gasteiger partial charge is 0.396 e. The number of nitrogens with one attached hydrogen (secondary N) is 2. The number of hydrogen-bond acceptors (Lipinski definition) is 6. The standard InChI is InChI=1S/C25H41N3O3S/c1-4-5-12-26-23-28-22-17(13-21(31)27-16-8-6-7-9-16)24(2)11-10-20(30)25(3,15-29)19(24)14-18(22)32-23/h16-17,19-20,29-30H,4-15H2,1-3H3,(H,26,28)(H,27,31). The zero-order valence-electron chi connectivity index (χ0n) is 20.0. The lowest BCUT2D eigenvalue weighted by Crippen LogP contribution is -2.57. The third-order valence-corrected chi connectivity index (χ3v) is 9.86. The van der Waals surface area contributed by atoms with Gasteiger partial charge in [0.25, 0.3) is 0 Å². The lowest BCUT2D eigenvalue weighted by atomic mass is 9.47. The second-order valence-electron chi connectivity index (χ2n) is 10.9. The number of rotatable bonds is 8. The number of aliphatic hydroxyl groups excluding tert-OH is 2. The van der Waals surface area contributed by atoms with Crippen molar-refractivity contribution in [3.63, 3.8) is 0 Å². The number of anilines is 1. The Hall–Kier alpha value is -1.18. The molecular weight excluding hydrogens is 422 g/mol. The number of carbonyl (C=O) groups excluding carboxylic acids is 1. The van der Waals surface area contributed by atoms with E-state index < -0.39 is 11.5 Å². The third kappa shape index (κ3) is 4.32. The Bertz CT molecular complexity index is 808. The molecule has 1 amide bonds. The summed E-state index contributed by atoms with van der Waals surface area (Å²) in [6, 6.07) is 0.312. The molecule has 0 radical (unpaired) electrons. The van der Waals surface area contributed by atoms with Gasteiger partial charge in [0.15, 0.2) is 5.13 Å². The number of aliphatic hydroxyl groups is 2. The predicted octanol–water partition coefficient (Wildman–Crippen LogP) is 4.22. The Morgan fingerprint density at radius 3 is 2.69 bits per heavy atom. The van der Waals surface area contributed by atoms with Gasteiger partial charge in [-0.3, -0.25) is 4.79 Å². The maximum Gasteiger partial charge on any atom is 0.220 e. The molecule has 3 aliphatic rings. The fraction of sp³-hybridized carbons (Fsp3) is 0.840. The zero-order valence-corrected chi connectivity index (χ0v) is 20.8. The van der Waals surface area contributed by atoms with Crippen LogP contribution in [0.4, 0.5) is 5.13 Å². The molecule has 1 aromatic heterocycles. The molecule has 1 aromatic rings. The first-order chi connectivity index (χ1) is 15.3. The van der Waals surface area contributed by atoms with Gasteiger partial charge in [0.05, 0.1) is 18.4 Å². The average Bonchev–Trinajstić information content (AvgIpc) is 3.42. The number of nitrogens with zero attached hydrogens (tertiary/aromatic N) is 1. The molecule has 0 saturated heterocycles. The van der Waals surface area contributed by atoms with Gasteiger partial charge >= 0.3 is 0 Å². The van der Waals surface area contributed by atoms with Gasteiger partial charge in [-0.25, -0.2) is 4.98 Å². The van der Waals surface area contributed by atoms with Crippen LogP contribution in [0.15, 0.2) is 0 Å². The summed E-state index contributed by atoms with van der Waals surface area (Å²) in [5, 5.41) is 28.9. The lowest BCUT2D eigenvalue weighted by Gasteiger charge is -2.58. The number of aromatic nitrogens is 1. The Kier molecular flexibility index (Phi) is 7.18.